The van der Waals surface area contributed by atoms with Crippen LogP contribution in [0.3, 0.4) is 0 Å². The number of hydrogen-bond donors (Lipinski definition) is 3. The number of fused-ring (bicyclic) bond motifs is 3. The van der Waals surface area contributed by atoms with E-state index in [9.17, 15) is 55.1 Å². The van der Waals surface area contributed by atoms with Crippen molar-refractivity contribution >= 4 is 70.9 Å². The first-order chi connectivity index (χ1) is 49.7. The van der Waals surface area contributed by atoms with Crippen LogP contribution in [-0.2, 0) is 62.3 Å². The monoisotopic (exact) mass is 1520 g/mol. The minimum absolute atomic E-state index is 0.00944. The number of ether oxygens (including phenoxy) is 1. The van der Waals surface area contributed by atoms with Crippen LogP contribution in [-0.4, -0.2) is 289 Å². The summed E-state index contributed by atoms with van der Waals surface area (Å²) in [5, 5.41) is 8.38. The van der Waals surface area contributed by atoms with Crippen molar-refractivity contribution in [3.63, 3.8) is 0 Å². The van der Waals surface area contributed by atoms with E-state index in [1.165, 1.54) is 78.0 Å². The van der Waals surface area contributed by atoms with E-state index in [1.54, 1.807) is 20.8 Å². The third-order valence-corrected chi connectivity index (χ3v) is 24.0. The Kier molecular flexibility index (Phi) is 30.1. The molecule has 1 spiro atoms. The third-order valence-electron chi connectivity index (χ3n) is 24.0. The van der Waals surface area contributed by atoms with Crippen molar-refractivity contribution in [1.29, 1.82) is 0 Å². The van der Waals surface area contributed by atoms with Crippen LogP contribution in [0.2, 0.25) is 0 Å². The van der Waals surface area contributed by atoms with E-state index >= 15 is 37.5 Å². The molecule has 12 atom stereocenters. The predicted molar refractivity (Wildman–Crippen MR) is 372 cm³/mol. The molecule has 106 heavy (non-hydrogen) atoms. The Bertz CT molecular complexity index is 3120. The smallest absolute Gasteiger partial charge is 0.377 e. The summed E-state index contributed by atoms with van der Waals surface area (Å²) in [5.41, 5.74) is -1.71. The molecule has 0 aromatic heterocycles. The molecule has 4 aliphatic carbocycles. The standard InChI is InChI=1S/C73H114F8N12O13/c1-13-42(3)60-68(103)87(8)41-58(96)89(10)52-24-16-15-21-33-92(67(52)102)55(36-44-25-28-47(29-26-44)72(76,77)78)66(101)86(7)40-56(94)82-51(30-27-45-34-49(74)59(50(75)35-45)73(79,80)81)64(99)93-39-48(106-14-2)37-53(93)63(98)84-71(31-19-20-32-71)70(105)91(12)61(46-22-17-18-23-46)69(104)90(11)54(65(100)85(5)6)38-57(95)88(9)43(4)62(97)83-60/h42-55,59-61H,13-41H2,1-12H3,(H,82,94)(H,83,97)(H,84,98)/t42-,43-,44?,45?,47?,48+,49?,50?,51-,52-,53-,54-,55-,59?,60-,61-/m0/s1. The van der Waals surface area contributed by atoms with Gasteiger partial charge in [-0.05, 0) is 134 Å². The van der Waals surface area contributed by atoms with Gasteiger partial charge in [-0.2, -0.15) is 26.3 Å². The summed E-state index contributed by atoms with van der Waals surface area (Å²) >= 11 is 0. The van der Waals surface area contributed by atoms with Gasteiger partial charge in [0, 0.05) is 82.5 Å². The number of rotatable bonds is 11. The molecule has 7 rings (SSSR count). The number of carbonyl (C=O) groups excluding carboxylic acids is 12. The van der Waals surface area contributed by atoms with Crippen molar-refractivity contribution in [2.24, 2.45) is 35.5 Å². The molecule has 600 valence electrons. The molecule has 2 unspecified atom stereocenters. The van der Waals surface area contributed by atoms with Crippen molar-refractivity contribution in [1.82, 2.24) is 60.0 Å². The average molecular weight is 1520 g/mol. The number of amides is 12. The fourth-order valence-electron chi connectivity index (χ4n) is 17.1. The lowest BCUT2D eigenvalue weighted by atomic mass is 9.76. The van der Waals surface area contributed by atoms with E-state index in [0.717, 1.165) is 29.4 Å². The molecule has 7 aliphatic rings. The zero-order valence-corrected chi connectivity index (χ0v) is 63.7. The van der Waals surface area contributed by atoms with Crippen LogP contribution in [0, 0.1) is 35.5 Å². The summed E-state index contributed by atoms with van der Waals surface area (Å²) in [6.45, 7) is 4.76. The van der Waals surface area contributed by atoms with Gasteiger partial charge >= 0.3 is 12.4 Å². The minimum atomic E-state index is -5.21. The highest BCUT2D eigenvalue weighted by atomic mass is 19.4. The summed E-state index contributed by atoms with van der Waals surface area (Å²) in [7, 11) is 10.8. The number of carbonyl (C=O) groups is 12. The first-order valence-electron chi connectivity index (χ1n) is 38.0. The lowest BCUT2D eigenvalue weighted by molar-refractivity contribution is -0.219. The second-order valence-corrected chi connectivity index (χ2v) is 31.4. The molecule has 25 nitrogen and oxygen atoms in total. The molecular formula is C73H114F8N12O13. The number of hydrogen-bond acceptors (Lipinski definition) is 13. The second kappa shape index (κ2) is 37.0. The van der Waals surface area contributed by atoms with Gasteiger partial charge in [0.05, 0.1) is 31.5 Å². The van der Waals surface area contributed by atoms with E-state index in [-0.39, 0.29) is 83.9 Å². The number of halogens is 8. The summed E-state index contributed by atoms with van der Waals surface area (Å²) in [6.07, 6.45) is -14.8. The van der Waals surface area contributed by atoms with E-state index < -0.39 is 230 Å². The Labute approximate surface area is 617 Å². The Morgan fingerprint density at radius 2 is 1.22 bits per heavy atom. The average Bonchev–Trinajstić information content (AvgIpc) is 1.53. The highest BCUT2D eigenvalue weighted by molar-refractivity contribution is 6.01. The Hall–Kier alpha value is -6.96. The fraction of sp³-hybridized carbons (Fsp3) is 0.836. The van der Waals surface area contributed by atoms with Crippen molar-refractivity contribution < 1.29 is 97.4 Å². The summed E-state index contributed by atoms with van der Waals surface area (Å²) < 4.78 is 121. The maximum Gasteiger partial charge on any atom is 0.397 e. The number of likely N-dealkylation sites (N-methyl/N-ethyl adjacent to an activating group) is 7. The number of alkyl halides is 8. The zero-order chi connectivity index (χ0) is 78.8. The van der Waals surface area contributed by atoms with Gasteiger partial charge in [0.2, 0.25) is 70.9 Å². The van der Waals surface area contributed by atoms with E-state index in [1.807, 2.05) is 0 Å². The maximum atomic E-state index is 15.6. The molecule has 2 bridgehead atoms. The van der Waals surface area contributed by atoms with E-state index in [4.69, 9.17) is 4.74 Å². The van der Waals surface area contributed by atoms with Crippen molar-refractivity contribution in [3.8, 4) is 0 Å². The normalized spacial score (nSPS) is 32.3. The highest BCUT2D eigenvalue weighted by Crippen LogP contribution is 2.46. The van der Waals surface area contributed by atoms with Crippen molar-refractivity contribution in [2.75, 3.05) is 89.2 Å². The van der Waals surface area contributed by atoms with Gasteiger partial charge in [-0.1, -0.05) is 58.8 Å². The van der Waals surface area contributed by atoms with Gasteiger partial charge in [-0.15, -0.1) is 0 Å². The lowest BCUT2D eigenvalue weighted by Crippen LogP contribution is -2.65. The summed E-state index contributed by atoms with van der Waals surface area (Å²) in [6, 6.07) is -11.3. The van der Waals surface area contributed by atoms with Gasteiger partial charge in [0.15, 0.2) is 0 Å². The molecule has 33 heteroatoms. The molecular weight excluding hydrogens is 1400 g/mol. The molecule has 3 heterocycles. The molecule has 3 aliphatic heterocycles. The molecule has 0 radical (unpaired) electrons. The quantitative estimate of drug-likeness (QED) is 0.202. The first-order valence-corrected chi connectivity index (χ1v) is 38.0. The molecule has 4 saturated carbocycles. The van der Waals surface area contributed by atoms with Gasteiger partial charge in [0.1, 0.15) is 72.1 Å². The topological polar surface area (TPSA) is 279 Å². The number of nitrogens with one attached hydrogen (secondary N) is 3. The highest BCUT2D eigenvalue weighted by Gasteiger charge is 2.56. The third kappa shape index (κ3) is 20.7. The number of nitrogens with zero attached hydrogens (tertiary/aromatic N) is 9. The molecule has 0 aromatic carbocycles. The first kappa shape index (κ1) is 86.3. The van der Waals surface area contributed by atoms with Crippen LogP contribution in [0.4, 0.5) is 35.1 Å². The van der Waals surface area contributed by atoms with Gasteiger partial charge in [0.25, 0.3) is 0 Å². The molecule has 3 N–H and O–H groups in total. The van der Waals surface area contributed by atoms with Crippen LogP contribution < -0.4 is 16.0 Å². The minimum Gasteiger partial charge on any atom is -0.377 e. The Morgan fingerprint density at radius 3 is 1.79 bits per heavy atom. The maximum absolute atomic E-state index is 15.6. The Morgan fingerprint density at radius 1 is 0.613 bits per heavy atom. The fourth-order valence-corrected chi connectivity index (χ4v) is 17.1. The van der Waals surface area contributed by atoms with Crippen LogP contribution >= 0.6 is 0 Å². The Balaban J connectivity index is 1.31. The van der Waals surface area contributed by atoms with Gasteiger partial charge < -0.3 is 64.8 Å². The van der Waals surface area contributed by atoms with E-state index in [2.05, 4.69) is 16.0 Å². The zero-order valence-electron chi connectivity index (χ0n) is 63.7. The van der Waals surface area contributed by atoms with Crippen LogP contribution in [0.15, 0.2) is 0 Å². The van der Waals surface area contributed by atoms with Crippen LogP contribution in [0.1, 0.15) is 182 Å². The van der Waals surface area contributed by atoms with Gasteiger partial charge in [-0.25, -0.2) is 8.78 Å². The largest absolute Gasteiger partial charge is 0.397 e. The van der Waals surface area contributed by atoms with Crippen LogP contribution in [0.5, 0.6) is 0 Å². The summed E-state index contributed by atoms with van der Waals surface area (Å²) in [4.78, 5) is 190. The van der Waals surface area contributed by atoms with Crippen LogP contribution in [0.25, 0.3) is 0 Å². The van der Waals surface area contributed by atoms with Crippen molar-refractivity contribution in [2.45, 2.75) is 266 Å². The summed E-state index contributed by atoms with van der Waals surface area (Å²) in [5.74, 6) is -16.7. The molecule has 0 aromatic rings. The lowest BCUT2D eigenvalue weighted by Gasteiger charge is -2.42. The molecule has 3 saturated heterocycles. The van der Waals surface area contributed by atoms with Crippen molar-refractivity contribution in [3.05, 3.63) is 0 Å². The molecule has 12 amide bonds. The second-order valence-electron chi connectivity index (χ2n) is 31.4. The molecule has 7 fully saturated rings. The van der Waals surface area contributed by atoms with E-state index in [0.29, 0.717) is 64.2 Å². The SMILES string of the molecule is CCO[C@@H]1C[C@H]2C(=O)NC3(CCCC3)C(=O)N(C)[C@@H](C3CCCC3)C(=O)N(C)[C@H](C(=O)N(C)C)CC(=O)N(C)[C@@H](C)C(=O)N[C@@H]([C@@H](C)CC)C(=O)N(C)CC(=O)N(C)[C@H]3CCCCCN(C3=O)[C@@H](CC3CCC(C(F)(F)F)CC3)C(=O)N(C)CC(=O)N[C@@H](CCC3CC(F)C(C(F)(F)F)C(F)C3)C(=O)N2C1. The predicted octanol–water partition coefficient (Wildman–Crippen LogP) is 5.94. The van der Waals surface area contributed by atoms with Gasteiger partial charge in [-0.3, -0.25) is 57.5 Å².